The number of nitrogens with zero attached hydrogens (tertiary/aromatic N) is 6. The van der Waals surface area contributed by atoms with E-state index in [0.29, 0.717) is 0 Å². The second-order valence-electron chi connectivity index (χ2n) is 4.53. The highest BCUT2D eigenvalue weighted by Gasteiger charge is 2.10. The molecule has 0 fully saturated rings. The van der Waals surface area contributed by atoms with Crippen molar-refractivity contribution in [2.24, 2.45) is 7.05 Å². The molecule has 0 aliphatic carbocycles. The van der Waals surface area contributed by atoms with Crippen LogP contribution in [0.4, 0.5) is 5.82 Å². The van der Waals surface area contributed by atoms with Gasteiger partial charge in [-0.1, -0.05) is 0 Å². The maximum atomic E-state index is 4.29. The SMILES string of the molecule is CC(Cn1ccnc1)Nc1ncnc2c1cnn2C. The average molecular weight is 257 g/mol. The molecule has 0 saturated heterocycles. The first kappa shape index (κ1) is 11.6. The molecule has 0 bridgehead atoms. The Balaban J connectivity index is 1.81. The van der Waals surface area contributed by atoms with E-state index in [-0.39, 0.29) is 6.04 Å². The summed E-state index contributed by atoms with van der Waals surface area (Å²) in [5.74, 6) is 0.811. The lowest BCUT2D eigenvalue weighted by Crippen LogP contribution is -2.22. The lowest BCUT2D eigenvalue weighted by molar-refractivity contribution is 0.617. The summed E-state index contributed by atoms with van der Waals surface area (Å²) < 4.78 is 3.77. The van der Waals surface area contributed by atoms with Crippen molar-refractivity contribution in [3.63, 3.8) is 0 Å². The van der Waals surface area contributed by atoms with Crippen molar-refractivity contribution in [1.82, 2.24) is 29.3 Å². The molecule has 0 aromatic carbocycles. The molecule has 7 nitrogen and oxygen atoms in total. The number of aromatic nitrogens is 6. The van der Waals surface area contributed by atoms with E-state index in [2.05, 4.69) is 32.3 Å². The van der Waals surface area contributed by atoms with Crippen LogP contribution in [-0.2, 0) is 13.6 Å². The number of nitrogens with one attached hydrogen (secondary N) is 1. The fourth-order valence-corrected chi connectivity index (χ4v) is 2.07. The predicted octanol–water partition coefficient (Wildman–Crippen LogP) is 1.06. The molecule has 1 unspecified atom stereocenters. The van der Waals surface area contributed by atoms with Crippen LogP contribution >= 0.6 is 0 Å². The summed E-state index contributed by atoms with van der Waals surface area (Å²) in [6.07, 6.45) is 8.85. The Labute approximate surface area is 110 Å². The van der Waals surface area contributed by atoms with Gasteiger partial charge in [0.2, 0.25) is 0 Å². The number of aryl methyl sites for hydroxylation is 1. The molecule has 0 amide bonds. The summed E-state index contributed by atoms with van der Waals surface area (Å²) in [7, 11) is 1.87. The maximum Gasteiger partial charge on any atom is 0.163 e. The van der Waals surface area contributed by atoms with Crippen molar-refractivity contribution >= 4 is 16.9 Å². The van der Waals surface area contributed by atoms with Crippen LogP contribution in [0.1, 0.15) is 6.92 Å². The Morgan fingerprint density at radius 2 is 2.26 bits per heavy atom. The summed E-state index contributed by atoms with van der Waals surface area (Å²) in [6, 6.07) is 0.229. The van der Waals surface area contributed by atoms with Crippen LogP contribution < -0.4 is 5.32 Å². The van der Waals surface area contributed by atoms with Crippen molar-refractivity contribution < 1.29 is 0 Å². The van der Waals surface area contributed by atoms with Gasteiger partial charge in [0, 0.05) is 32.0 Å². The molecule has 0 radical (unpaired) electrons. The van der Waals surface area contributed by atoms with Gasteiger partial charge in [-0.3, -0.25) is 4.68 Å². The van der Waals surface area contributed by atoms with Crippen LogP contribution in [0.2, 0.25) is 0 Å². The van der Waals surface area contributed by atoms with E-state index < -0.39 is 0 Å². The standard InChI is InChI=1S/C12H15N7/c1-9(6-19-4-3-13-8-19)17-11-10-5-16-18(2)12(10)15-7-14-11/h3-5,7-9H,6H2,1-2H3,(H,14,15,17). The van der Waals surface area contributed by atoms with Crippen LogP contribution in [0.25, 0.3) is 11.0 Å². The largest absolute Gasteiger partial charge is 0.365 e. The molecule has 0 spiro atoms. The number of anilines is 1. The van der Waals surface area contributed by atoms with Crippen molar-refractivity contribution in [2.45, 2.75) is 19.5 Å². The minimum Gasteiger partial charge on any atom is -0.365 e. The van der Waals surface area contributed by atoms with Gasteiger partial charge in [-0.25, -0.2) is 15.0 Å². The summed E-state index contributed by atoms with van der Waals surface area (Å²) >= 11 is 0. The molecular weight excluding hydrogens is 242 g/mol. The van der Waals surface area contributed by atoms with Crippen LogP contribution in [0, 0.1) is 0 Å². The van der Waals surface area contributed by atoms with E-state index in [1.807, 2.05) is 17.8 Å². The van der Waals surface area contributed by atoms with Crippen molar-refractivity contribution in [1.29, 1.82) is 0 Å². The zero-order chi connectivity index (χ0) is 13.2. The zero-order valence-electron chi connectivity index (χ0n) is 10.9. The molecular formula is C12H15N7. The molecule has 19 heavy (non-hydrogen) atoms. The third-order valence-corrected chi connectivity index (χ3v) is 2.96. The second-order valence-corrected chi connectivity index (χ2v) is 4.53. The second kappa shape index (κ2) is 4.68. The first-order valence-corrected chi connectivity index (χ1v) is 6.09. The first-order chi connectivity index (χ1) is 9.24. The Morgan fingerprint density at radius 1 is 1.37 bits per heavy atom. The van der Waals surface area contributed by atoms with Gasteiger partial charge < -0.3 is 9.88 Å². The summed E-state index contributed by atoms with van der Waals surface area (Å²) in [5.41, 5.74) is 0.826. The fraction of sp³-hybridized carbons (Fsp3) is 0.333. The monoisotopic (exact) mass is 257 g/mol. The van der Waals surface area contributed by atoms with E-state index in [1.165, 1.54) is 0 Å². The van der Waals surface area contributed by atoms with Gasteiger partial charge in [0.1, 0.15) is 12.1 Å². The van der Waals surface area contributed by atoms with Crippen LogP contribution in [0.5, 0.6) is 0 Å². The molecule has 3 aromatic rings. The highest BCUT2D eigenvalue weighted by atomic mass is 15.3. The van der Waals surface area contributed by atoms with Gasteiger partial charge in [-0.15, -0.1) is 0 Å². The van der Waals surface area contributed by atoms with E-state index in [9.17, 15) is 0 Å². The van der Waals surface area contributed by atoms with Gasteiger partial charge in [-0.05, 0) is 6.92 Å². The van der Waals surface area contributed by atoms with E-state index in [0.717, 1.165) is 23.4 Å². The lowest BCUT2D eigenvalue weighted by Gasteiger charge is -2.15. The van der Waals surface area contributed by atoms with Crippen LogP contribution in [-0.4, -0.2) is 35.3 Å². The normalized spacial score (nSPS) is 12.7. The van der Waals surface area contributed by atoms with Gasteiger partial charge in [0.15, 0.2) is 5.65 Å². The molecule has 3 heterocycles. The third-order valence-electron chi connectivity index (χ3n) is 2.96. The molecule has 1 atom stereocenters. The quantitative estimate of drug-likeness (QED) is 0.756. The Bertz CT molecular complexity index is 671. The molecule has 7 heteroatoms. The third kappa shape index (κ3) is 2.26. The number of fused-ring (bicyclic) bond motifs is 1. The van der Waals surface area contributed by atoms with Gasteiger partial charge in [0.05, 0.1) is 17.9 Å². The molecule has 3 aromatic heterocycles. The Hall–Kier alpha value is -2.44. The molecule has 98 valence electrons. The van der Waals surface area contributed by atoms with Crippen LogP contribution in [0.3, 0.4) is 0 Å². The fourth-order valence-electron chi connectivity index (χ4n) is 2.07. The average Bonchev–Trinajstić information content (AvgIpc) is 3.01. The Kier molecular flexibility index (Phi) is 2.86. The first-order valence-electron chi connectivity index (χ1n) is 6.09. The van der Waals surface area contributed by atoms with Crippen LogP contribution in [0.15, 0.2) is 31.2 Å². The zero-order valence-corrected chi connectivity index (χ0v) is 10.9. The number of hydrogen-bond acceptors (Lipinski definition) is 5. The topological polar surface area (TPSA) is 73.5 Å². The highest BCUT2D eigenvalue weighted by molar-refractivity contribution is 5.86. The Morgan fingerprint density at radius 3 is 3.05 bits per heavy atom. The van der Waals surface area contributed by atoms with Crippen molar-refractivity contribution in [3.05, 3.63) is 31.2 Å². The molecule has 0 aliphatic rings. The summed E-state index contributed by atoms with van der Waals surface area (Å²) in [6.45, 7) is 2.93. The van der Waals surface area contributed by atoms with E-state index >= 15 is 0 Å². The summed E-state index contributed by atoms with van der Waals surface area (Å²) in [5, 5.41) is 8.51. The predicted molar refractivity (Wildman–Crippen MR) is 71.6 cm³/mol. The number of imidazole rings is 1. The van der Waals surface area contributed by atoms with Crippen molar-refractivity contribution in [3.8, 4) is 0 Å². The molecule has 3 rings (SSSR count). The molecule has 1 N–H and O–H groups in total. The van der Waals surface area contributed by atoms with Gasteiger partial charge in [0.25, 0.3) is 0 Å². The maximum absolute atomic E-state index is 4.29. The number of rotatable bonds is 4. The number of hydrogen-bond donors (Lipinski definition) is 1. The smallest absolute Gasteiger partial charge is 0.163 e. The van der Waals surface area contributed by atoms with Gasteiger partial charge in [-0.2, -0.15) is 5.10 Å². The van der Waals surface area contributed by atoms with E-state index in [1.54, 1.807) is 29.7 Å². The minimum atomic E-state index is 0.229. The molecule has 0 aliphatic heterocycles. The van der Waals surface area contributed by atoms with Gasteiger partial charge >= 0.3 is 0 Å². The van der Waals surface area contributed by atoms with Crippen molar-refractivity contribution in [2.75, 3.05) is 5.32 Å². The van der Waals surface area contributed by atoms with E-state index in [4.69, 9.17) is 0 Å². The minimum absolute atomic E-state index is 0.229. The lowest BCUT2D eigenvalue weighted by atomic mass is 10.3. The molecule has 0 saturated carbocycles. The summed E-state index contributed by atoms with van der Waals surface area (Å²) in [4.78, 5) is 12.5. The highest BCUT2D eigenvalue weighted by Crippen LogP contribution is 2.18.